The molecule has 0 aromatic heterocycles. The maximum Gasteiger partial charge on any atom is 0.226 e. The Bertz CT molecular complexity index is 614. The van der Waals surface area contributed by atoms with Gasteiger partial charge in [-0.15, -0.1) is 0 Å². The molecule has 1 N–H and O–H groups in total. The molecule has 1 radical (unpaired) electrons. The van der Waals surface area contributed by atoms with Crippen LogP contribution in [0.5, 0.6) is 11.5 Å². The fourth-order valence-electron chi connectivity index (χ4n) is 2.24. The molecular weight excluding hydrogens is 258 g/mol. The highest BCUT2D eigenvalue weighted by Crippen LogP contribution is 2.40. The summed E-state index contributed by atoms with van der Waals surface area (Å²) in [6.45, 7) is -0.125. The maximum absolute atomic E-state index is 12.4. The van der Waals surface area contributed by atoms with Gasteiger partial charge in [0.2, 0.25) is 5.72 Å². The topological polar surface area (TPSA) is 61.8 Å². The van der Waals surface area contributed by atoms with Gasteiger partial charge in [-0.1, -0.05) is 29.5 Å². The van der Waals surface area contributed by atoms with Crippen molar-refractivity contribution in [3.05, 3.63) is 54.1 Å². The van der Waals surface area contributed by atoms with Crippen molar-refractivity contribution >= 4 is 5.69 Å². The molecule has 3 rings (SSSR count). The number of anilines is 1. The third-order valence-electron chi connectivity index (χ3n) is 3.40. The van der Waals surface area contributed by atoms with E-state index < -0.39 is 5.72 Å². The Labute approximate surface area is 116 Å². The second-order valence-corrected chi connectivity index (χ2v) is 4.60. The molecule has 5 nitrogen and oxygen atoms in total. The first-order valence-corrected chi connectivity index (χ1v) is 6.21. The van der Waals surface area contributed by atoms with Crippen LogP contribution >= 0.6 is 0 Å². The van der Waals surface area contributed by atoms with Gasteiger partial charge >= 0.3 is 0 Å². The summed E-state index contributed by atoms with van der Waals surface area (Å²) in [5.41, 5.74) is -0.958. The predicted octanol–water partition coefficient (Wildman–Crippen LogP) is 2.08. The predicted molar refractivity (Wildman–Crippen MR) is 72.0 cm³/mol. The van der Waals surface area contributed by atoms with Gasteiger partial charge in [0.15, 0.2) is 0 Å². The Morgan fingerprint density at radius 3 is 2.60 bits per heavy atom. The third-order valence-corrected chi connectivity index (χ3v) is 3.40. The quantitative estimate of drug-likeness (QED) is 0.909. The van der Waals surface area contributed by atoms with Crippen LogP contribution < -0.4 is 14.5 Å². The maximum atomic E-state index is 12.4. The molecule has 2 aromatic rings. The molecule has 1 aliphatic heterocycles. The van der Waals surface area contributed by atoms with E-state index in [4.69, 9.17) is 9.47 Å². The number of hydrogen-bond acceptors (Lipinski definition) is 4. The molecule has 0 bridgehead atoms. The Morgan fingerprint density at radius 2 is 1.90 bits per heavy atom. The van der Waals surface area contributed by atoms with E-state index in [1.165, 1.54) is 0 Å². The SMILES string of the molecule is COc1ccc(C2(O)COc3ccccc3N2[O])cc1. The molecule has 0 spiro atoms. The molecule has 0 amide bonds. The molecule has 1 aliphatic rings. The minimum Gasteiger partial charge on any atom is -0.497 e. The summed E-state index contributed by atoms with van der Waals surface area (Å²) >= 11 is 0. The number of ether oxygens (including phenoxy) is 2. The van der Waals surface area contributed by atoms with E-state index in [2.05, 4.69) is 0 Å². The van der Waals surface area contributed by atoms with Crippen LogP contribution in [0.2, 0.25) is 0 Å². The van der Waals surface area contributed by atoms with Crippen molar-refractivity contribution in [2.45, 2.75) is 5.72 Å². The minimum atomic E-state index is -1.74. The molecule has 103 valence electrons. The average molecular weight is 272 g/mol. The van der Waals surface area contributed by atoms with Crippen molar-refractivity contribution in [1.82, 2.24) is 0 Å². The Morgan fingerprint density at radius 1 is 1.20 bits per heavy atom. The number of hydrogen-bond donors (Lipinski definition) is 1. The lowest BCUT2D eigenvalue weighted by molar-refractivity contribution is -0.106. The number of hydroxylamine groups is 1. The van der Waals surface area contributed by atoms with Crippen LogP contribution in [0.25, 0.3) is 0 Å². The molecule has 1 unspecified atom stereocenters. The molecule has 0 saturated carbocycles. The van der Waals surface area contributed by atoms with E-state index in [9.17, 15) is 10.3 Å². The zero-order valence-electron chi connectivity index (χ0n) is 10.9. The highest BCUT2D eigenvalue weighted by molar-refractivity contribution is 5.60. The van der Waals surface area contributed by atoms with Gasteiger partial charge in [-0.25, -0.2) is 0 Å². The number of rotatable bonds is 2. The number of aliphatic hydroxyl groups is 1. The highest BCUT2D eigenvalue weighted by Gasteiger charge is 2.43. The molecule has 0 fully saturated rings. The van der Waals surface area contributed by atoms with Crippen LogP contribution in [0.15, 0.2) is 48.5 Å². The fraction of sp³-hybridized carbons (Fsp3) is 0.200. The molecule has 1 heterocycles. The summed E-state index contributed by atoms with van der Waals surface area (Å²) in [4.78, 5) is 0. The van der Waals surface area contributed by atoms with E-state index in [0.29, 0.717) is 27.8 Å². The van der Waals surface area contributed by atoms with Gasteiger partial charge in [0.1, 0.15) is 23.8 Å². The normalized spacial score (nSPS) is 21.1. The molecule has 1 atom stereocenters. The second-order valence-electron chi connectivity index (χ2n) is 4.60. The molecule has 5 heteroatoms. The lowest BCUT2D eigenvalue weighted by atomic mass is 10.0. The first kappa shape index (κ1) is 12.8. The summed E-state index contributed by atoms with van der Waals surface area (Å²) < 4.78 is 10.6. The lowest BCUT2D eigenvalue weighted by Gasteiger charge is -2.39. The van der Waals surface area contributed by atoms with Gasteiger partial charge in [0.25, 0.3) is 0 Å². The number of nitrogens with zero attached hydrogens (tertiary/aromatic N) is 1. The standard InChI is InChI=1S/C15H14NO4/c1-19-12-8-6-11(7-9-12)15(17)10-20-14-5-3-2-4-13(14)16(15)18/h2-9,17H,10H2,1H3. The van der Waals surface area contributed by atoms with Crippen molar-refractivity contribution < 1.29 is 19.8 Å². The van der Waals surface area contributed by atoms with Crippen LogP contribution in [-0.4, -0.2) is 18.8 Å². The lowest BCUT2D eigenvalue weighted by Crippen LogP contribution is -2.50. The van der Waals surface area contributed by atoms with Crippen LogP contribution in [0, 0.1) is 0 Å². The Hall–Kier alpha value is -2.24. The summed E-state index contributed by atoms with van der Waals surface area (Å²) in [6.07, 6.45) is 0. The molecule has 20 heavy (non-hydrogen) atoms. The van der Waals surface area contributed by atoms with E-state index in [1.54, 1.807) is 55.6 Å². The monoisotopic (exact) mass is 272 g/mol. The van der Waals surface area contributed by atoms with E-state index in [1.807, 2.05) is 0 Å². The van der Waals surface area contributed by atoms with Crippen molar-refractivity contribution in [2.75, 3.05) is 18.8 Å². The minimum absolute atomic E-state index is 0.125. The zero-order chi connectivity index (χ0) is 14.2. The van der Waals surface area contributed by atoms with Gasteiger partial charge in [-0.05, 0) is 24.3 Å². The van der Waals surface area contributed by atoms with Gasteiger partial charge < -0.3 is 14.6 Å². The summed E-state index contributed by atoms with van der Waals surface area (Å²) in [7, 11) is 1.56. The van der Waals surface area contributed by atoms with Crippen molar-refractivity contribution in [3.8, 4) is 11.5 Å². The van der Waals surface area contributed by atoms with Crippen LogP contribution in [0.1, 0.15) is 5.56 Å². The largest absolute Gasteiger partial charge is 0.497 e. The van der Waals surface area contributed by atoms with Crippen molar-refractivity contribution in [2.24, 2.45) is 0 Å². The van der Waals surface area contributed by atoms with Crippen LogP contribution in [0.4, 0.5) is 5.69 Å². The summed E-state index contributed by atoms with van der Waals surface area (Å²) in [6, 6.07) is 13.5. The smallest absolute Gasteiger partial charge is 0.226 e. The van der Waals surface area contributed by atoms with Crippen LogP contribution in [0.3, 0.4) is 0 Å². The first-order chi connectivity index (χ1) is 9.65. The van der Waals surface area contributed by atoms with Crippen LogP contribution in [-0.2, 0) is 10.9 Å². The number of methoxy groups -OCH3 is 1. The number of fused-ring (bicyclic) bond motifs is 1. The third kappa shape index (κ3) is 1.88. The highest BCUT2D eigenvalue weighted by atomic mass is 16.6. The fourth-order valence-corrected chi connectivity index (χ4v) is 2.24. The molecule has 2 aromatic carbocycles. The van der Waals surface area contributed by atoms with E-state index in [-0.39, 0.29) is 6.61 Å². The van der Waals surface area contributed by atoms with Gasteiger partial charge in [-0.3, -0.25) is 0 Å². The summed E-state index contributed by atoms with van der Waals surface area (Å²) in [5.74, 6) is 1.13. The first-order valence-electron chi connectivity index (χ1n) is 6.21. The van der Waals surface area contributed by atoms with E-state index in [0.717, 1.165) is 0 Å². The Balaban J connectivity index is 2.00. The zero-order valence-corrected chi connectivity index (χ0v) is 10.9. The van der Waals surface area contributed by atoms with Gasteiger partial charge in [-0.2, -0.15) is 5.06 Å². The van der Waals surface area contributed by atoms with Crippen molar-refractivity contribution in [1.29, 1.82) is 0 Å². The number of para-hydroxylation sites is 2. The average Bonchev–Trinajstić information content (AvgIpc) is 2.51. The number of benzene rings is 2. The Kier molecular flexibility index (Phi) is 3.00. The van der Waals surface area contributed by atoms with Crippen molar-refractivity contribution in [3.63, 3.8) is 0 Å². The second kappa shape index (κ2) is 4.70. The summed E-state index contributed by atoms with van der Waals surface area (Å²) in [5, 5.41) is 23.7. The molecular formula is C15H14NO4. The van der Waals surface area contributed by atoms with Gasteiger partial charge in [0.05, 0.1) is 7.11 Å². The van der Waals surface area contributed by atoms with Gasteiger partial charge in [0, 0.05) is 5.56 Å². The molecule has 0 aliphatic carbocycles. The molecule has 0 saturated heterocycles. The van der Waals surface area contributed by atoms with E-state index >= 15 is 0 Å².